The van der Waals surface area contributed by atoms with Crippen molar-refractivity contribution in [2.75, 3.05) is 18.0 Å². The third kappa shape index (κ3) is 7.80. The molecule has 42 heavy (non-hydrogen) atoms. The van der Waals surface area contributed by atoms with Gasteiger partial charge in [-0.2, -0.15) is 0 Å². The molecule has 9 nitrogen and oxygen atoms in total. The summed E-state index contributed by atoms with van der Waals surface area (Å²) in [6.45, 7) is 8.57. The number of carbonyl (C=O) groups excluding carboxylic acids is 3. The molecule has 0 saturated heterocycles. The number of aryl methyl sites for hydroxylation is 1. The molecular weight excluding hydrogens is 530 g/mol. The Morgan fingerprint density at radius 3 is 2.55 bits per heavy atom. The van der Waals surface area contributed by atoms with E-state index >= 15 is 0 Å². The first-order valence-electron chi connectivity index (χ1n) is 14.5. The van der Waals surface area contributed by atoms with Crippen molar-refractivity contribution < 1.29 is 19.5 Å². The lowest BCUT2D eigenvalue weighted by atomic mass is 9.98. The van der Waals surface area contributed by atoms with Gasteiger partial charge in [0.1, 0.15) is 11.9 Å². The zero-order valence-corrected chi connectivity index (χ0v) is 24.8. The number of rotatable bonds is 11. The number of benzene rings is 2. The molecule has 0 saturated carbocycles. The van der Waals surface area contributed by atoms with Crippen molar-refractivity contribution in [1.82, 2.24) is 20.9 Å². The lowest BCUT2D eigenvalue weighted by molar-refractivity contribution is -0.128. The highest BCUT2D eigenvalue weighted by atomic mass is 16.3. The highest BCUT2D eigenvalue weighted by Gasteiger charge is 2.33. The van der Waals surface area contributed by atoms with Gasteiger partial charge in [0, 0.05) is 36.8 Å². The van der Waals surface area contributed by atoms with Crippen molar-refractivity contribution in [3.63, 3.8) is 0 Å². The zero-order chi connectivity index (χ0) is 30.3. The molecule has 3 amide bonds. The Kier molecular flexibility index (Phi) is 10.1. The number of carbonyl (C=O) groups is 3. The van der Waals surface area contributed by atoms with Crippen LogP contribution in [0, 0.1) is 0 Å². The van der Waals surface area contributed by atoms with Gasteiger partial charge >= 0.3 is 0 Å². The molecule has 4 rings (SSSR count). The minimum atomic E-state index is -0.692. The maximum Gasteiger partial charge on any atom is 0.251 e. The smallest absolute Gasteiger partial charge is 0.251 e. The predicted octanol–water partition coefficient (Wildman–Crippen LogP) is 3.60. The monoisotopic (exact) mass is 571 g/mol. The van der Waals surface area contributed by atoms with Gasteiger partial charge in [-0.15, -0.1) is 0 Å². The van der Waals surface area contributed by atoms with Crippen LogP contribution in [0.1, 0.15) is 62.0 Å². The molecule has 222 valence electrons. The highest BCUT2D eigenvalue weighted by Crippen LogP contribution is 2.28. The normalized spacial score (nSPS) is 15.9. The van der Waals surface area contributed by atoms with Crippen LogP contribution in [0.3, 0.4) is 0 Å². The first-order chi connectivity index (χ1) is 20.1. The third-order valence-corrected chi connectivity index (χ3v) is 7.32. The summed E-state index contributed by atoms with van der Waals surface area (Å²) in [5.41, 5.74) is 3.65. The molecule has 0 aliphatic carbocycles. The van der Waals surface area contributed by atoms with Crippen molar-refractivity contribution in [3.05, 3.63) is 83.6 Å². The van der Waals surface area contributed by atoms with E-state index in [-0.39, 0.29) is 30.7 Å². The van der Waals surface area contributed by atoms with Crippen LogP contribution >= 0.6 is 0 Å². The molecule has 3 aromatic rings. The van der Waals surface area contributed by atoms with Crippen LogP contribution in [0.25, 0.3) is 11.1 Å². The van der Waals surface area contributed by atoms with Gasteiger partial charge in [-0.1, -0.05) is 48.5 Å². The number of nitrogens with zero attached hydrogens (tertiary/aromatic N) is 2. The predicted molar refractivity (Wildman–Crippen MR) is 164 cm³/mol. The van der Waals surface area contributed by atoms with E-state index in [1.165, 1.54) is 0 Å². The molecule has 0 radical (unpaired) electrons. The van der Waals surface area contributed by atoms with Crippen LogP contribution in [0.15, 0.2) is 66.9 Å². The minimum absolute atomic E-state index is 0.120. The molecule has 2 atom stereocenters. The summed E-state index contributed by atoms with van der Waals surface area (Å²) < 4.78 is 0. The van der Waals surface area contributed by atoms with Crippen molar-refractivity contribution in [2.45, 2.75) is 71.2 Å². The van der Waals surface area contributed by atoms with Crippen LogP contribution in [-0.2, 0) is 22.6 Å². The molecule has 2 heterocycles. The average Bonchev–Trinajstić information content (AvgIpc) is 3.09. The molecule has 0 bridgehead atoms. The van der Waals surface area contributed by atoms with Crippen LogP contribution < -0.4 is 20.9 Å². The van der Waals surface area contributed by atoms with Crippen LogP contribution in [0.5, 0.6) is 0 Å². The number of β-amino-alcohol motifs (C(OH)–C–C–N with tert-alkyl or cyclic N) is 1. The fraction of sp³-hybridized carbons (Fsp3) is 0.394. The largest absolute Gasteiger partial charge is 0.392 e. The standard InChI is InChI=1S/C33H41N5O4/c1-5-34-31(41)27-11-7-6-10-26(27)24-14-12-23(13-15-24)21-38-30-25(9-8-18-35-30)16-17-28(32(38)42)37-29(40)19-33(3,4)36-20-22(2)39/h6-15,18,22,28,36,39H,5,16-17,19-21H2,1-4H3,(H,34,41)(H,37,40)/t22-,28-/m1/s1. The number of aromatic nitrogens is 1. The number of pyridine rings is 1. The Labute approximate surface area is 247 Å². The lowest BCUT2D eigenvalue weighted by Gasteiger charge is -2.29. The SMILES string of the molecule is CCNC(=O)c1ccccc1-c1ccc(CN2C(=O)[C@H](NC(=O)CC(C)(C)NC[C@@H](C)O)CCc3cccnc32)cc1. The average molecular weight is 572 g/mol. The lowest BCUT2D eigenvalue weighted by Crippen LogP contribution is -2.51. The Bertz CT molecular complexity index is 1400. The number of hydrogen-bond acceptors (Lipinski definition) is 6. The Hall–Kier alpha value is -4.08. The molecule has 0 spiro atoms. The van der Waals surface area contributed by atoms with E-state index < -0.39 is 17.7 Å². The van der Waals surface area contributed by atoms with Crippen molar-refractivity contribution in [3.8, 4) is 11.1 Å². The fourth-order valence-electron chi connectivity index (χ4n) is 5.17. The molecule has 4 N–H and O–H groups in total. The Morgan fingerprint density at radius 1 is 1.10 bits per heavy atom. The third-order valence-electron chi connectivity index (χ3n) is 7.32. The number of fused-ring (bicyclic) bond motifs is 1. The van der Waals surface area contributed by atoms with E-state index in [1.807, 2.05) is 81.4 Å². The molecular formula is C33H41N5O4. The topological polar surface area (TPSA) is 124 Å². The molecule has 2 aromatic carbocycles. The maximum absolute atomic E-state index is 13.9. The quantitative estimate of drug-likeness (QED) is 0.279. The summed E-state index contributed by atoms with van der Waals surface area (Å²) in [7, 11) is 0. The van der Waals surface area contributed by atoms with E-state index in [0.29, 0.717) is 37.3 Å². The van der Waals surface area contributed by atoms with Gasteiger partial charge in [-0.25, -0.2) is 4.98 Å². The van der Waals surface area contributed by atoms with Gasteiger partial charge in [-0.05, 0) is 74.9 Å². The fourth-order valence-corrected chi connectivity index (χ4v) is 5.17. The summed E-state index contributed by atoms with van der Waals surface area (Å²) in [5, 5.41) is 18.6. The summed E-state index contributed by atoms with van der Waals surface area (Å²) >= 11 is 0. The number of amides is 3. The number of hydrogen-bond donors (Lipinski definition) is 4. The van der Waals surface area contributed by atoms with E-state index in [4.69, 9.17) is 0 Å². The van der Waals surface area contributed by atoms with Gasteiger partial charge < -0.3 is 21.1 Å². The second kappa shape index (κ2) is 13.7. The zero-order valence-electron chi connectivity index (χ0n) is 24.8. The Balaban J connectivity index is 1.53. The van der Waals surface area contributed by atoms with Gasteiger partial charge in [0.15, 0.2) is 0 Å². The summed E-state index contributed by atoms with van der Waals surface area (Å²) in [6.07, 6.45) is 2.38. The van der Waals surface area contributed by atoms with E-state index in [9.17, 15) is 19.5 Å². The van der Waals surface area contributed by atoms with Gasteiger partial charge in [0.2, 0.25) is 5.91 Å². The minimum Gasteiger partial charge on any atom is -0.392 e. The van der Waals surface area contributed by atoms with E-state index in [0.717, 1.165) is 22.3 Å². The first-order valence-corrected chi connectivity index (χ1v) is 14.5. The summed E-state index contributed by atoms with van der Waals surface area (Å²) in [6, 6.07) is 18.4. The number of aliphatic hydroxyl groups excluding tert-OH is 1. The summed E-state index contributed by atoms with van der Waals surface area (Å²) in [5.74, 6) is 0.0423. The van der Waals surface area contributed by atoms with E-state index in [1.54, 1.807) is 18.0 Å². The van der Waals surface area contributed by atoms with Gasteiger partial charge in [0.25, 0.3) is 11.8 Å². The Morgan fingerprint density at radius 2 is 1.83 bits per heavy atom. The first kappa shape index (κ1) is 30.9. The molecule has 1 aromatic heterocycles. The van der Waals surface area contributed by atoms with E-state index in [2.05, 4.69) is 20.9 Å². The van der Waals surface area contributed by atoms with Crippen LogP contribution in [0.2, 0.25) is 0 Å². The molecule has 0 unspecified atom stereocenters. The van der Waals surface area contributed by atoms with Gasteiger partial charge in [-0.3, -0.25) is 19.3 Å². The number of anilines is 1. The second-order valence-corrected chi connectivity index (χ2v) is 11.5. The summed E-state index contributed by atoms with van der Waals surface area (Å²) in [4.78, 5) is 45.7. The molecule has 1 aliphatic heterocycles. The van der Waals surface area contributed by atoms with Crippen LogP contribution in [0.4, 0.5) is 5.82 Å². The van der Waals surface area contributed by atoms with Crippen LogP contribution in [-0.4, -0.2) is 58.6 Å². The molecule has 9 heteroatoms. The van der Waals surface area contributed by atoms with Gasteiger partial charge in [0.05, 0.1) is 12.6 Å². The number of aliphatic hydroxyl groups is 1. The van der Waals surface area contributed by atoms with Crippen molar-refractivity contribution >= 4 is 23.5 Å². The molecule has 0 fully saturated rings. The number of nitrogens with one attached hydrogen (secondary N) is 3. The second-order valence-electron chi connectivity index (χ2n) is 11.5. The van der Waals surface area contributed by atoms with Crippen molar-refractivity contribution in [2.24, 2.45) is 0 Å². The molecule has 1 aliphatic rings. The highest BCUT2D eigenvalue weighted by molar-refractivity contribution is 6.01. The maximum atomic E-state index is 13.9. The van der Waals surface area contributed by atoms with Crippen molar-refractivity contribution in [1.29, 1.82) is 0 Å².